The highest BCUT2D eigenvalue weighted by Crippen LogP contribution is 2.13. The van der Waals surface area contributed by atoms with Crippen LogP contribution in [0.15, 0.2) is 54.6 Å². The van der Waals surface area contributed by atoms with Crippen molar-refractivity contribution in [2.24, 2.45) is 5.92 Å². The number of ether oxygens (including phenoxy) is 1. The van der Waals surface area contributed by atoms with Crippen LogP contribution in [0.4, 0.5) is 0 Å². The highest BCUT2D eigenvalue weighted by atomic mass is 16.5. The van der Waals surface area contributed by atoms with Crippen LogP contribution in [0.1, 0.15) is 19.4 Å². The van der Waals surface area contributed by atoms with Crippen molar-refractivity contribution in [2.45, 2.75) is 32.4 Å². The minimum Gasteiger partial charge on any atom is -0.378 e. The summed E-state index contributed by atoms with van der Waals surface area (Å²) >= 11 is 0. The van der Waals surface area contributed by atoms with Gasteiger partial charge in [-0.3, -0.25) is 0 Å². The molecule has 6 heteroatoms. The van der Waals surface area contributed by atoms with Crippen LogP contribution in [-0.2, 0) is 11.2 Å². The highest BCUT2D eigenvalue weighted by Gasteiger charge is 2.23. The Kier molecular flexibility index (Phi) is 6.79. The van der Waals surface area contributed by atoms with Gasteiger partial charge in [-0.15, -0.1) is 5.10 Å². The van der Waals surface area contributed by atoms with E-state index in [9.17, 15) is 0 Å². The Bertz CT molecular complexity index is 818. The van der Waals surface area contributed by atoms with Crippen LogP contribution in [0.3, 0.4) is 0 Å². The molecule has 0 saturated heterocycles. The first kappa shape index (κ1) is 19.3. The number of methoxy groups -OCH3 is 1. The largest absolute Gasteiger partial charge is 0.378 e. The number of nitrogens with one attached hydrogen (secondary N) is 2. The van der Waals surface area contributed by atoms with E-state index < -0.39 is 0 Å². The molecule has 0 amide bonds. The summed E-state index contributed by atoms with van der Waals surface area (Å²) in [6.07, 6.45) is 0.823. The SMILES string of the molecule is COC(CNCC(C)C)C(Cc1ccccc1)Nn1nnc2ccccc21. The molecule has 2 unspecified atom stereocenters. The smallest absolute Gasteiger partial charge is 0.115 e. The highest BCUT2D eigenvalue weighted by molar-refractivity contribution is 5.74. The summed E-state index contributed by atoms with van der Waals surface area (Å²) in [4.78, 5) is 1.76. The third kappa shape index (κ3) is 5.28. The van der Waals surface area contributed by atoms with E-state index in [0.29, 0.717) is 5.92 Å². The number of hydrogen-bond donors (Lipinski definition) is 2. The first-order valence-electron chi connectivity index (χ1n) is 9.51. The lowest BCUT2D eigenvalue weighted by Gasteiger charge is -2.28. The van der Waals surface area contributed by atoms with Gasteiger partial charge in [0.2, 0.25) is 0 Å². The molecule has 2 atom stereocenters. The number of nitrogens with zero attached hydrogens (tertiary/aromatic N) is 3. The fourth-order valence-electron chi connectivity index (χ4n) is 3.15. The van der Waals surface area contributed by atoms with Gasteiger partial charge in [0.25, 0.3) is 0 Å². The lowest BCUT2D eigenvalue weighted by atomic mass is 10.0. The molecule has 0 radical (unpaired) electrons. The predicted molar refractivity (Wildman–Crippen MR) is 109 cm³/mol. The van der Waals surface area contributed by atoms with Gasteiger partial charge in [0, 0.05) is 13.7 Å². The summed E-state index contributed by atoms with van der Waals surface area (Å²) in [5, 5.41) is 12.0. The third-order valence-corrected chi connectivity index (χ3v) is 4.59. The second-order valence-electron chi connectivity index (χ2n) is 7.24. The third-order valence-electron chi connectivity index (χ3n) is 4.59. The predicted octanol–water partition coefficient (Wildman–Crippen LogP) is 2.85. The van der Waals surface area contributed by atoms with Crippen LogP contribution >= 0.6 is 0 Å². The second kappa shape index (κ2) is 9.48. The minimum atomic E-state index is -0.00748. The summed E-state index contributed by atoms with van der Waals surface area (Å²) in [6, 6.07) is 18.4. The molecule has 0 fully saturated rings. The van der Waals surface area contributed by atoms with Gasteiger partial charge in [0.05, 0.1) is 12.1 Å². The molecule has 0 spiro atoms. The van der Waals surface area contributed by atoms with E-state index in [1.165, 1.54) is 5.56 Å². The molecule has 1 aromatic heterocycles. The maximum atomic E-state index is 5.84. The van der Waals surface area contributed by atoms with E-state index in [0.717, 1.165) is 30.5 Å². The molecule has 0 aliphatic carbocycles. The quantitative estimate of drug-likeness (QED) is 0.577. The van der Waals surface area contributed by atoms with Crippen LogP contribution in [0.2, 0.25) is 0 Å². The van der Waals surface area contributed by atoms with Crippen LogP contribution in [0.25, 0.3) is 11.0 Å². The number of para-hydroxylation sites is 1. The molecule has 144 valence electrons. The second-order valence-corrected chi connectivity index (χ2v) is 7.24. The number of aromatic nitrogens is 3. The van der Waals surface area contributed by atoms with Gasteiger partial charge in [0.15, 0.2) is 0 Å². The maximum Gasteiger partial charge on any atom is 0.115 e. The molecular formula is C21H29N5O. The van der Waals surface area contributed by atoms with Crippen molar-refractivity contribution < 1.29 is 4.74 Å². The molecule has 0 aliphatic rings. The Labute approximate surface area is 160 Å². The molecule has 0 saturated carbocycles. The molecule has 2 aromatic carbocycles. The van der Waals surface area contributed by atoms with E-state index >= 15 is 0 Å². The summed E-state index contributed by atoms with van der Waals surface area (Å²) in [6.45, 7) is 6.14. The van der Waals surface area contributed by atoms with Crippen LogP contribution in [0.5, 0.6) is 0 Å². The van der Waals surface area contributed by atoms with Crippen molar-refractivity contribution in [3.63, 3.8) is 0 Å². The Morgan fingerprint density at radius 2 is 1.74 bits per heavy atom. The van der Waals surface area contributed by atoms with E-state index in [2.05, 4.69) is 59.2 Å². The molecule has 3 rings (SSSR count). The van der Waals surface area contributed by atoms with Crippen LogP contribution in [-0.4, -0.2) is 47.4 Å². The molecule has 2 N–H and O–H groups in total. The number of hydrogen-bond acceptors (Lipinski definition) is 5. The molecule has 6 nitrogen and oxygen atoms in total. The summed E-state index contributed by atoms with van der Waals surface area (Å²) in [5.41, 5.74) is 6.60. The van der Waals surface area contributed by atoms with Gasteiger partial charge in [-0.25, -0.2) is 0 Å². The average Bonchev–Trinajstić information content (AvgIpc) is 3.08. The maximum absolute atomic E-state index is 5.84. The summed E-state index contributed by atoms with van der Waals surface area (Å²) in [7, 11) is 1.76. The lowest BCUT2D eigenvalue weighted by molar-refractivity contribution is 0.0808. The van der Waals surface area contributed by atoms with Crippen molar-refractivity contribution in [3.05, 3.63) is 60.2 Å². The zero-order valence-corrected chi connectivity index (χ0v) is 16.3. The molecule has 27 heavy (non-hydrogen) atoms. The van der Waals surface area contributed by atoms with Crippen molar-refractivity contribution in [2.75, 3.05) is 25.6 Å². The topological polar surface area (TPSA) is 64.0 Å². The first-order valence-corrected chi connectivity index (χ1v) is 9.51. The number of fused-ring (bicyclic) bond motifs is 1. The van der Waals surface area contributed by atoms with E-state index in [1.54, 1.807) is 11.9 Å². The van der Waals surface area contributed by atoms with E-state index in [-0.39, 0.29) is 12.1 Å². The fourth-order valence-corrected chi connectivity index (χ4v) is 3.15. The Hall–Kier alpha value is -2.44. The monoisotopic (exact) mass is 367 g/mol. The van der Waals surface area contributed by atoms with Crippen LogP contribution < -0.4 is 10.7 Å². The van der Waals surface area contributed by atoms with Crippen molar-refractivity contribution >= 4 is 11.0 Å². The normalized spacial score (nSPS) is 13.8. The number of benzene rings is 2. The van der Waals surface area contributed by atoms with Crippen LogP contribution in [0, 0.1) is 5.92 Å². The van der Waals surface area contributed by atoms with Gasteiger partial charge in [-0.05, 0) is 41.8 Å². The van der Waals surface area contributed by atoms with Crippen molar-refractivity contribution in [3.8, 4) is 0 Å². The Balaban J connectivity index is 1.79. The summed E-state index contributed by atoms with van der Waals surface area (Å²) in [5.74, 6) is 0.599. The fraction of sp³-hybridized carbons (Fsp3) is 0.429. The molecule has 1 heterocycles. The van der Waals surface area contributed by atoms with E-state index in [4.69, 9.17) is 4.74 Å². The van der Waals surface area contributed by atoms with Crippen molar-refractivity contribution in [1.29, 1.82) is 0 Å². The lowest BCUT2D eigenvalue weighted by Crippen LogP contribution is -2.47. The Morgan fingerprint density at radius 1 is 1.00 bits per heavy atom. The first-order chi connectivity index (χ1) is 13.2. The standard InChI is InChI=1S/C21H29N5O/c1-16(2)14-22-15-21(27-3)19(13-17-9-5-4-6-10-17)24-26-20-12-8-7-11-18(20)23-25-26/h4-12,16,19,21-22,24H,13-15H2,1-3H3. The van der Waals surface area contributed by atoms with Gasteiger partial charge in [-0.2, -0.15) is 4.79 Å². The van der Waals surface area contributed by atoms with Gasteiger partial charge < -0.3 is 15.5 Å². The zero-order valence-electron chi connectivity index (χ0n) is 16.3. The average molecular weight is 367 g/mol. The Morgan fingerprint density at radius 3 is 2.48 bits per heavy atom. The van der Waals surface area contributed by atoms with Gasteiger partial charge in [-0.1, -0.05) is 56.3 Å². The molecule has 3 aromatic rings. The van der Waals surface area contributed by atoms with Crippen molar-refractivity contribution in [1.82, 2.24) is 20.4 Å². The summed E-state index contributed by atoms with van der Waals surface area (Å²) < 4.78 is 5.84. The van der Waals surface area contributed by atoms with Gasteiger partial charge >= 0.3 is 0 Å². The van der Waals surface area contributed by atoms with E-state index in [1.807, 2.05) is 30.3 Å². The number of rotatable bonds is 10. The minimum absolute atomic E-state index is 0.00748. The zero-order chi connectivity index (χ0) is 19.1. The molecule has 0 aliphatic heterocycles. The molecule has 0 bridgehead atoms. The van der Waals surface area contributed by atoms with Gasteiger partial charge in [0.1, 0.15) is 11.0 Å². The molecular weight excluding hydrogens is 338 g/mol.